The summed E-state index contributed by atoms with van der Waals surface area (Å²) in [5, 5.41) is 0. The summed E-state index contributed by atoms with van der Waals surface area (Å²) in [5.41, 5.74) is 2.62. The van der Waals surface area contributed by atoms with Gasteiger partial charge in [-0.15, -0.1) is 0 Å². The highest BCUT2D eigenvalue weighted by atomic mass is 14.9. The molecular formula is C14H18N2. The van der Waals surface area contributed by atoms with Gasteiger partial charge in [-0.05, 0) is 31.4 Å². The molecule has 0 saturated heterocycles. The Morgan fingerprint density at radius 1 is 1.25 bits per heavy atom. The van der Waals surface area contributed by atoms with E-state index in [9.17, 15) is 0 Å². The quantitative estimate of drug-likeness (QED) is 0.809. The largest absolute Gasteiger partial charge is 0.342 e. The van der Waals surface area contributed by atoms with Crippen LogP contribution in [0, 0.1) is 0 Å². The molecule has 2 aromatic rings. The van der Waals surface area contributed by atoms with E-state index in [1.807, 2.05) is 0 Å². The van der Waals surface area contributed by atoms with E-state index in [2.05, 4.69) is 36.2 Å². The van der Waals surface area contributed by atoms with Crippen molar-refractivity contribution in [2.45, 2.75) is 44.4 Å². The molecule has 3 rings (SSSR count). The Kier molecular flexibility index (Phi) is 2.23. The van der Waals surface area contributed by atoms with E-state index >= 15 is 0 Å². The molecule has 2 nitrogen and oxygen atoms in total. The molecule has 1 fully saturated rings. The molecular weight excluding hydrogens is 196 g/mol. The minimum absolute atomic E-state index is 0.332. The van der Waals surface area contributed by atoms with Crippen molar-refractivity contribution in [3.05, 3.63) is 30.1 Å². The van der Waals surface area contributed by atoms with Gasteiger partial charge >= 0.3 is 0 Å². The van der Waals surface area contributed by atoms with Gasteiger partial charge in [-0.1, -0.05) is 31.9 Å². The monoisotopic (exact) mass is 214 g/mol. The molecule has 1 aliphatic carbocycles. The van der Waals surface area contributed by atoms with Crippen molar-refractivity contribution in [2.24, 2.45) is 0 Å². The average molecular weight is 214 g/mol. The molecule has 1 aromatic heterocycles. The number of nitrogens with one attached hydrogen (secondary N) is 1. The number of hydrogen-bond acceptors (Lipinski definition) is 1. The van der Waals surface area contributed by atoms with Crippen LogP contribution in [-0.2, 0) is 5.41 Å². The average Bonchev–Trinajstić information content (AvgIpc) is 2.96. The molecule has 1 saturated carbocycles. The molecule has 0 radical (unpaired) electrons. The van der Waals surface area contributed by atoms with Gasteiger partial charge in [0.15, 0.2) is 0 Å². The van der Waals surface area contributed by atoms with Crippen LogP contribution in [0.3, 0.4) is 0 Å². The first-order valence-electron chi connectivity index (χ1n) is 6.29. The van der Waals surface area contributed by atoms with Gasteiger partial charge in [0.1, 0.15) is 5.82 Å². The molecule has 84 valence electrons. The molecule has 2 heteroatoms. The second kappa shape index (κ2) is 3.62. The van der Waals surface area contributed by atoms with E-state index in [1.54, 1.807) is 0 Å². The van der Waals surface area contributed by atoms with Crippen LogP contribution < -0.4 is 0 Å². The lowest BCUT2D eigenvalue weighted by Gasteiger charge is -2.24. The highest BCUT2D eigenvalue weighted by Gasteiger charge is 2.36. The zero-order valence-corrected chi connectivity index (χ0v) is 9.79. The Bertz CT molecular complexity index is 459. The molecule has 0 atom stereocenters. The number of aromatic nitrogens is 2. The van der Waals surface area contributed by atoms with E-state index in [-0.39, 0.29) is 0 Å². The van der Waals surface area contributed by atoms with E-state index < -0.39 is 0 Å². The van der Waals surface area contributed by atoms with Gasteiger partial charge < -0.3 is 4.98 Å². The predicted molar refractivity (Wildman–Crippen MR) is 66.5 cm³/mol. The summed E-state index contributed by atoms with van der Waals surface area (Å²) in [6, 6.07) is 8.33. The van der Waals surface area contributed by atoms with Gasteiger partial charge in [0, 0.05) is 5.41 Å². The third-order valence-corrected chi connectivity index (χ3v) is 4.13. The smallest absolute Gasteiger partial charge is 0.113 e. The Morgan fingerprint density at radius 2 is 2.00 bits per heavy atom. The van der Waals surface area contributed by atoms with E-state index in [0.29, 0.717) is 5.41 Å². The second-order valence-electron chi connectivity index (χ2n) is 4.94. The molecule has 0 amide bonds. The van der Waals surface area contributed by atoms with Crippen LogP contribution in [0.4, 0.5) is 0 Å². The number of aromatic amines is 1. The Balaban J connectivity index is 2.10. The number of rotatable bonds is 2. The summed E-state index contributed by atoms with van der Waals surface area (Å²) in [4.78, 5) is 8.30. The number of nitrogens with zero attached hydrogens (tertiary/aromatic N) is 1. The van der Waals surface area contributed by atoms with Gasteiger partial charge in [-0.2, -0.15) is 0 Å². The number of para-hydroxylation sites is 2. The fraction of sp³-hybridized carbons (Fsp3) is 0.500. The normalized spacial score (nSPS) is 19.3. The summed E-state index contributed by atoms with van der Waals surface area (Å²) in [7, 11) is 0. The van der Waals surface area contributed by atoms with Gasteiger partial charge in [-0.25, -0.2) is 4.98 Å². The van der Waals surface area contributed by atoms with Gasteiger partial charge in [-0.3, -0.25) is 0 Å². The maximum atomic E-state index is 4.78. The first kappa shape index (κ1) is 9.88. The number of H-pyrrole nitrogens is 1. The third kappa shape index (κ3) is 1.36. The molecule has 0 unspecified atom stereocenters. The molecule has 1 aliphatic rings. The van der Waals surface area contributed by atoms with Crippen LogP contribution in [0.15, 0.2) is 24.3 Å². The van der Waals surface area contributed by atoms with Crippen LogP contribution in [0.5, 0.6) is 0 Å². The molecule has 0 aliphatic heterocycles. The molecule has 0 spiro atoms. The van der Waals surface area contributed by atoms with Crippen molar-refractivity contribution < 1.29 is 0 Å². The number of fused-ring (bicyclic) bond motifs is 1. The lowest BCUT2D eigenvalue weighted by atomic mass is 9.83. The summed E-state index contributed by atoms with van der Waals surface area (Å²) < 4.78 is 0. The Morgan fingerprint density at radius 3 is 2.69 bits per heavy atom. The lowest BCUT2D eigenvalue weighted by Crippen LogP contribution is -2.22. The predicted octanol–water partition coefficient (Wildman–Crippen LogP) is 3.78. The van der Waals surface area contributed by atoms with Crippen LogP contribution in [0.1, 0.15) is 44.9 Å². The first-order valence-corrected chi connectivity index (χ1v) is 6.29. The summed E-state index contributed by atoms with van der Waals surface area (Å²) in [6.07, 6.45) is 6.50. The maximum Gasteiger partial charge on any atom is 0.113 e. The zero-order valence-electron chi connectivity index (χ0n) is 9.79. The fourth-order valence-corrected chi connectivity index (χ4v) is 3.01. The number of hydrogen-bond donors (Lipinski definition) is 1. The summed E-state index contributed by atoms with van der Waals surface area (Å²) in [6.45, 7) is 2.29. The van der Waals surface area contributed by atoms with Crippen LogP contribution >= 0.6 is 0 Å². The van der Waals surface area contributed by atoms with Crippen molar-refractivity contribution in [2.75, 3.05) is 0 Å². The summed E-state index contributed by atoms with van der Waals surface area (Å²) in [5.74, 6) is 1.22. The second-order valence-corrected chi connectivity index (χ2v) is 4.94. The maximum absolute atomic E-state index is 4.78. The number of benzene rings is 1. The van der Waals surface area contributed by atoms with E-state index in [4.69, 9.17) is 4.98 Å². The van der Waals surface area contributed by atoms with Gasteiger partial charge in [0.05, 0.1) is 11.0 Å². The minimum atomic E-state index is 0.332. The van der Waals surface area contributed by atoms with Crippen LogP contribution in [0.2, 0.25) is 0 Å². The SMILES string of the molecule is CCC1(c2nc3ccccc3[nH]2)CCCC1. The molecule has 1 N–H and O–H groups in total. The number of imidazole rings is 1. The zero-order chi connectivity index (χ0) is 11.0. The van der Waals surface area contributed by atoms with Crippen molar-refractivity contribution in [1.82, 2.24) is 9.97 Å². The Hall–Kier alpha value is -1.31. The summed E-state index contributed by atoms with van der Waals surface area (Å²) >= 11 is 0. The molecule has 1 aromatic carbocycles. The molecule has 0 bridgehead atoms. The topological polar surface area (TPSA) is 28.7 Å². The highest BCUT2D eigenvalue weighted by molar-refractivity contribution is 5.75. The Labute approximate surface area is 96.1 Å². The minimum Gasteiger partial charge on any atom is -0.342 e. The lowest BCUT2D eigenvalue weighted by molar-refractivity contribution is 0.403. The van der Waals surface area contributed by atoms with E-state index in [1.165, 1.54) is 43.4 Å². The van der Waals surface area contributed by atoms with Crippen molar-refractivity contribution in [3.8, 4) is 0 Å². The third-order valence-electron chi connectivity index (χ3n) is 4.13. The standard InChI is InChI=1S/C14H18N2/c1-2-14(9-5-6-10-14)13-15-11-7-3-4-8-12(11)16-13/h3-4,7-8H,2,5-6,9-10H2,1H3,(H,15,16). The van der Waals surface area contributed by atoms with Gasteiger partial charge in [0.25, 0.3) is 0 Å². The van der Waals surface area contributed by atoms with Crippen molar-refractivity contribution in [1.29, 1.82) is 0 Å². The first-order chi connectivity index (χ1) is 7.84. The molecule has 1 heterocycles. The van der Waals surface area contributed by atoms with Crippen molar-refractivity contribution >= 4 is 11.0 Å². The van der Waals surface area contributed by atoms with Gasteiger partial charge in [0.2, 0.25) is 0 Å². The van der Waals surface area contributed by atoms with E-state index in [0.717, 1.165) is 5.52 Å². The van der Waals surface area contributed by atoms with Crippen LogP contribution in [0.25, 0.3) is 11.0 Å². The van der Waals surface area contributed by atoms with Crippen LogP contribution in [-0.4, -0.2) is 9.97 Å². The fourth-order valence-electron chi connectivity index (χ4n) is 3.01. The molecule has 16 heavy (non-hydrogen) atoms. The van der Waals surface area contributed by atoms with Crippen molar-refractivity contribution in [3.63, 3.8) is 0 Å². The highest BCUT2D eigenvalue weighted by Crippen LogP contribution is 2.42.